The molecule has 3 aromatic rings. The lowest BCUT2D eigenvalue weighted by Gasteiger charge is -2.29. The van der Waals surface area contributed by atoms with Crippen LogP contribution in [0.4, 0.5) is 5.82 Å². The first-order valence-corrected chi connectivity index (χ1v) is 13.6. The Morgan fingerprint density at radius 3 is 2.17 bits per heavy atom. The fourth-order valence-corrected chi connectivity index (χ4v) is 4.27. The molecule has 35 heavy (non-hydrogen) atoms. The largest absolute Gasteiger partial charge is 0.372 e. The summed E-state index contributed by atoms with van der Waals surface area (Å²) in [6.07, 6.45) is 2.52. The number of sulfonamides is 1. The van der Waals surface area contributed by atoms with Gasteiger partial charge in [-0.3, -0.25) is 9.52 Å². The van der Waals surface area contributed by atoms with Gasteiger partial charge in [-0.15, -0.1) is 0 Å². The molecule has 1 heterocycles. The van der Waals surface area contributed by atoms with Gasteiger partial charge in [-0.25, -0.2) is 13.4 Å². The normalized spacial score (nSPS) is 11.4. The Morgan fingerprint density at radius 2 is 1.57 bits per heavy atom. The molecule has 0 radical (unpaired) electrons. The molecular weight excluding hydrogens is 462 g/mol. The van der Waals surface area contributed by atoms with Gasteiger partial charge in [0.1, 0.15) is 12.4 Å². The zero-order valence-electron chi connectivity index (χ0n) is 20.5. The van der Waals surface area contributed by atoms with Gasteiger partial charge in [-0.1, -0.05) is 60.7 Å². The highest BCUT2D eigenvalue weighted by atomic mass is 32.2. The van der Waals surface area contributed by atoms with Crippen LogP contribution in [0.3, 0.4) is 0 Å². The molecule has 0 aliphatic carbocycles. The molecule has 0 atom stereocenters. The van der Waals surface area contributed by atoms with Crippen LogP contribution in [0.25, 0.3) is 22.4 Å². The summed E-state index contributed by atoms with van der Waals surface area (Å²) in [6.45, 7) is 5.16. The van der Waals surface area contributed by atoms with Crippen LogP contribution in [-0.4, -0.2) is 51.4 Å². The molecule has 0 saturated carbocycles. The van der Waals surface area contributed by atoms with Crippen molar-refractivity contribution in [3.63, 3.8) is 0 Å². The predicted molar refractivity (Wildman–Crippen MR) is 141 cm³/mol. The molecular formula is C27H33N3O4S. The quantitative estimate of drug-likeness (QED) is 0.372. The number of benzene rings is 2. The zero-order chi connectivity index (χ0) is 25.3. The summed E-state index contributed by atoms with van der Waals surface area (Å²) in [5, 5.41) is 0. The SMILES string of the molecule is CC(C)N(CCCCOCC(=O)NS(C)(=O)=O)c1ccc(-c2ccccc2)c(-c2ccccc2)n1. The van der Waals surface area contributed by atoms with Crippen LogP contribution in [0.5, 0.6) is 0 Å². The number of nitrogens with zero attached hydrogens (tertiary/aromatic N) is 2. The second-order valence-corrected chi connectivity index (χ2v) is 10.4. The molecule has 0 spiro atoms. The molecule has 0 saturated heterocycles. The number of hydrogen-bond donors (Lipinski definition) is 1. The highest BCUT2D eigenvalue weighted by Gasteiger charge is 2.16. The van der Waals surface area contributed by atoms with Crippen molar-refractivity contribution < 1.29 is 17.9 Å². The summed E-state index contributed by atoms with van der Waals surface area (Å²) >= 11 is 0. The molecule has 1 N–H and O–H groups in total. The number of rotatable bonds is 12. The number of nitrogens with one attached hydrogen (secondary N) is 1. The fraction of sp³-hybridized carbons (Fsp3) is 0.333. The van der Waals surface area contributed by atoms with Crippen molar-refractivity contribution in [3.05, 3.63) is 72.8 Å². The van der Waals surface area contributed by atoms with Crippen molar-refractivity contribution in [2.75, 3.05) is 30.9 Å². The molecule has 0 unspecified atom stereocenters. The number of pyridine rings is 1. The molecule has 2 aromatic carbocycles. The van der Waals surface area contributed by atoms with Crippen molar-refractivity contribution in [2.45, 2.75) is 32.7 Å². The third kappa shape index (κ3) is 8.19. The number of ether oxygens (including phenoxy) is 1. The Kier molecular flexibility index (Phi) is 9.39. The second kappa shape index (κ2) is 12.5. The minimum Gasteiger partial charge on any atom is -0.372 e. The zero-order valence-corrected chi connectivity index (χ0v) is 21.3. The smallest absolute Gasteiger partial charge is 0.259 e. The average molecular weight is 496 g/mol. The maximum absolute atomic E-state index is 11.5. The van der Waals surface area contributed by atoms with Crippen molar-refractivity contribution >= 4 is 21.7 Å². The minimum atomic E-state index is -3.56. The molecule has 0 bridgehead atoms. The van der Waals surface area contributed by atoms with E-state index >= 15 is 0 Å². The highest BCUT2D eigenvalue weighted by molar-refractivity contribution is 7.89. The number of hydrogen-bond acceptors (Lipinski definition) is 6. The lowest BCUT2D eigenvalue weighted by molar-refractivity contribution is -0.123. The Morgan fingerprint density at radius 1 is 0.943 bits per heavy atom. The Balaban J connectivity index is 1.69. The van der Waals surface area contributed by atoms with E-state index in [2.05, 4.69) is 55.1 Å². The molecule has 1 amide bonds. The third-order valence-corrected chi connectivity index (χ3v) is 6.00. The van der Waals surface area contributed by atoms with E-state index < -0.39 is 15.9 Å². The number of carbonyl (C=O) groups is 1. The van der Waals surface area contributed by atoms with Gasteiger partial charge in [-0.05, 0) is 44.4 Å². The van der Waals surface area contributed by atoms with Gasteiger partial charge in [0.25, 0.3) is 5.91 Å². The summed E-state index contributed by atoms with van der Waals surface area (Å²) in [5.74, 6) is 0.249. The van der Waals surface area contributed by atoms with Crippen LogP contribution < -0.4 is 9.62 Å². The van der Waals surface area contributed by atoms with Crippen molar-refractivity contribution in [1.82, 2.24) is 9.71 Å². The van der Waals surface area contributed by atoms with Crippen molar-refractivity contribution in [1.29, 1.82) is 0 Å². The van der Waals surface area contributed by atoms with E-state index in [0.29, 0.717) is 6.61 Å². The van der Waals surface area contributed by atoms with Gasteiger partial charge in [-0.2, -0.15) is 0 Å². The molecule has 3 rings (SSSR count). The number of carbonyl (C=O) groups excluding carboxylic acids is 1. The van der Waals surface area contributed by atoms with Crippen molar-refractivity contribution in [3.8, 4) is 22.4 Å². The average Bonchev–Trinajstić information content (AvgIpc) is 2.83. The topological polar surface area (TPSA) is 88.6 Å². The van der Waals surface area contributed by atoms with Crippen LogP contribution in [0.15, 0.2) is 72.8 Å². The lowest BCUT2D eigenvalue weighted by atomic mass is 9.99. The predicted octanol–water partition coefficient (Wildman–Crippen LogP) is 4.50. The minimum absolute atomic E-state index is 0.246. The Labute approximate surface area is 208 Å². The molecule has 0 aliphatic heterocycles. The molecule has 186 valence electrons. The van der Waals surface area contributed by atoms with Gasteiger partial charge in [0, 0.05) is 30.3 Å². The lowest BCUT2D eigenvalue weighted by Crippen LogP contribution is -2.33. The van der Waals surface area contributed by atoms with Crippen LogP contribution in [-0.2, 0) is 19.6 Å². The molecule has 1 aromatic heterocycles. The van der Waals surface area contributed by atoms with Gasteiger partial charge in [0.2, 0.25) is 10.0 Å². The van der Waals surface area contributed by atoms with E-state index in [-0.39, 0.29) is 12.6 Å². The number of unbranched alkanes of at least 4 members (excludes halogenated alkanes) is 1. The first-order valence-electron chi connectivity index (χ1n) is 11.7. The number of amides is 1. The van der Waals surface area contributed by atoms with Gasteiger partial charge < -0.3 is 9.64 Å². The van der Waals surface area contributed by atoms with Gasteiger partial charge >= 0.3 is 0 Å². The standard InChI is InChI=1S/C27H33N3O4S/c1-21(2)30(18-10-11-19-34-20-26(31)29-35(3,32)33)25-17-16-24(22-12-6-4-7-13-22)27(28-25)23-14-8-5-9-15-23/h4-9,12-17,21H,10-11,18-20H2,1-3H3,(H,29,31). The van der Waals surface area contributed by atoms with Crippen LogP contribution in [0, 0.1) is 0 Å². The summed E-state index contributed by atoms with van der Waals surface area (Å²) in [7, 11) is -3.56. The van der Waals surface area contributed by atoms with Gasteiger partial charge in [0.15, 0.2) is 0 Å². The summed E-state index contributed by atoms with van der Waals surface area (Å²) in [5.41, 5.74) is 4.22. The van der Waals surface area contributed by atoms with Crippen LogP contribution in [0.2, 0.25) is 0 Å². The van der Waals surface area contributed by atoms with Crippen molar-refractivity contribution in [2.24, 2.45) is 0 Å². The van der Waals surface area contributed by atoms with E-state index in [1.54, 1.807) is 0 Å². The summed E-state index contributed by atoms with van der Waals surface area (Å²) < 4.78 is 29.3. The Hall–Kier alpha value is -3.23. The van der Waals surface area contributed by atoms with E-state index in [4.69, 9.17) is 9.72 Å². The van der Waals surface area contributed by atoms with E-state index in [0.717, 1.165) is 53.8 Å². The first-order chi connectivity index (χ1) is 16.7. The first kappa shape index (κ1) is 26.4. The molecule has 8 heteroatoms. The van der Waals surface area contributed by atoms with E-state index in [1.165, 1.54) is 0 Å². The Bertz CT molecular complexity index is 1200. The van der Waals surface area contributed by atoms with Crippen LogP contribution >= 0.6 is 0 Å². The van der Waals surface area contributed by atoms with E-state index in [9.17, 15) is 13.2 Å². The highest BCUT2D eigenvalue weighted by Crippen LogP contribution is 2.33. The number of anilines is 1. The number of aromatic nitrogens is 1. The summed E-state index contributed by atoms with van der Waals surface area (Å²) in [6, 6.07) is 24.9. The monoisotopic (exact) mass is 495 g/mol. The van der Waals surface area contributed by atoms with Crippen LogP contribution in [0.1, 0.15) is 26.7 Å². The molecule has 0 aliphatic rings. The van der Waals surface area contributed by atoms with E-state index in [1.807, 2.05) is 41.1 Å². The summed E-state index contributed by atoms with van der Waals surface area (Å²) in [4.78, 5) is 18.9. The van der Waals surface area contributed by atoms with Gasteiger partial charge in [0.05, 0.1) is 11.9 Å². The molecule has 0 fully saturated rings. The second-order valence-electron chi connectivity index (χ2n) is 8.64. The fourth-order valence-electron chi connectivity index (χ4n) is 3.80. The maximum Gasteiger partial charge on any atom is 0.259 e. The molecule has 7 nitrogen and oxygen atoms in total. The third-order valence-electron chi connectivity index (χ3n) is 5.40. The maximum atomic E-state index is 11.5.